The Hall–Kier alpha value is -2.30. The van der Waals surface area contributed by atoms with Crippen molar-refractivity contribution in [3.63, 3.8) is 0 Å². The van der Waals surface area contributed by atoms with Gasteiger partial charge in [-0.1, -0.05) is 13.8 Å². The summed E-state index contributed by atoms with van der Waals surface area (Å²) in [6.45, 7) is 8.14. The van der Waals surface area contributed by atoms with Gasteiger partial charge in [0.1, 0.15) is 5.82 Å². The number of aromatic nitrogens is 2. The van der Waals surface area contributed by atoms with Crippen LogP contribution in [0.4, 0.5) is 4.39 Å². The van der Waals surface area contributed by atoms with Crippen LogP contribution in [0.25, 0.3) is 5.69 Å². The third-order valence-corrected chi connectivity index (χ3v) is 6.90. The summed E-state index contributed by atoms with van der Waals surface area (Å²) in [5.41, 5.74) is 1.68. The van der Waals surface area contributed by atoms with Crippen molar-refractivity contribution >= 4 is 15.9 Å². The standard InChI is InChI=1S/C21H29FN4O4S/c1-14(2)20-19(11-24-26(20)18-7-5-17(22)6-8-18)21(27)23-9-10-31(28,29)25-12-15(3)30-16(4)13-25/h5-8,11,14-16H,9-10,12-13H2,1-4H3,(H,23,27). The first-order valence-electron chi connectivity index (χ1n) is 10.3. The molecule has 0 spiro atoms. The lowest BCUT2D eigenvalue weighted by Crippen LogP contribution is -2.49. The lowest BCUT2D eigenvalue weighted by molar-refractivity contribution is -0.0440. The van der Waals surface area contributed by atoms with Crippen LogP contribution in [0.2, 0.25) is 0 Å². The van der Waals surface area contributed by atoms with Gasteiger partial charge >= 0.3 is 0 Å². The van der Waals surface area contributed by atoms with Crippen molar-refractivity contribution < 1.29 is 22.3 Å². The Kier molecular flexibility index (Phi) is 7.13. The first-order valence-corrected chi connectivity index (χ1v) is 11.9. The molecule has 1 aromatic heterocycles. The molecule has 10 heteroatoms. The summed E-state index contributed by atoms with van der Waals surface area (Å²) in [4.78, 5) is 12.8. The number of halogens is 1. The van der Waals surface area contributed by atoms with E-state index in [4.69, 9.17) is 4.74 Å². The molecular formula is C21H29FN4O4S. The number of nitrogens with one attached hydrogen (secondary N) is 1. The maximum atomic E-state index is 13.3. The Morgan fingerprint density at radius 1 is 1.23 bits per heavy atom. The predicted molar refractivity (Wildman–Crippen MR) is 115 cm³/mol. The molecule has 8 nitrogen and oxygen atoms in total. The molecule has 31 heavy (non-hydrogen) atoms. The van der Waals surface area contributed by atoms with Gasteiger partial charge in [-0.05, 0) is 44.0 Å². The van der Waals surface area contributed by atoms with Crippen LogP contribution in [0, 0.1) is 5.82 Å². The molecule has 1 aliphatic rings. The summed E-state index contributed by atoms with van der Waals surface area (Å²) in [6.07, 6.45) is 1.12. The summed E-state index contributed by atoms with van der Waals surface area (Å²) in [5, 5.41) is 6.99. The largest absolute Gasteiger partial charge is 0.373 e. The van der Waals surface area contributed by atoms with Gasteiger partial charge in [-0.2, -0.15) is 9.40 Å². The van der Waals surface area contributed by atoms with Crippen LogP contribution in [-0.4, -0.2) is 66.0 Å². The minimum absolute atomic E-state index is 0.0133. The average Bonchev–Trinajstić information content (AvgIpc) is 3.13. The molecule has 2 atom stereocenters. The number of sulfonamides is 1. The van der Waals surface area contributed by atoms with E-state index in [1.54, 1.807) is 16.8 Å². The van der Waals surface area contributed by atoms with Gasteiger partial charge in [0.25, 0.3) is 5.91 Å². The monoisotopic (exact) mass is 452 g/mol. The van der Waals surface area contributed by atoms with Crippen LogP contribution in [0.3, 0.4) is 0 Å². The van der Waals surface area contributed by atoms with Gasteiger partial charge in [-0.25, -0.2) is 17.5 Å². The molecule has 1 aromatic carbocycles. The second kappa shape index (κ2) is 9.46. The Balaban J connectivity index is 1.69. The third kappa shape index (κ3) is 5.50. The minimum Gasteiger partial charge on any atom is -0.373 e. The van der Waals surface area contributed by atoms with Gasteiger partial charge in [0.15, 0.2) is 0 Å². The predicted octanol–water partition coefficient (Wildman–Crippen LogP) is 2.30. The summed E-state index contributed by atoms with van der Waals surface area (Å²) in [6, 6.07) is 5.84. The fourth-order valence-electron chi connectivity index (χ4n) is 3.75. The van der Waals surface area contributed by atoms with E-state index in [0.29, 0.717) is 30.0 Å². The highest BCUT2D eigenvalue weighted by Crippen LogP contribution is 2.23. The maximum Gasteiger partial charge on any atom is 0.254 e. The highest BCUT2D eigenvalue weighted by atomic mass is 32.2. The topological polar surface area (TPSA) is 93.5 Å². The van der Waals surface area contributed by atoms with E-state index in [1.165, 1.54) is 22.6 Å². The molecule has 2 aromatic rings. The number of hydrogen-bond donors (Lipinski definition) is 1. The molecule has 2 unspecified atom stereocenters. The number of amides is 1. The molecule has 0 bridgehead atoms. The van der Waals surface area contributed by atoms with Crippen LogP contribution >= 0.6 is 0 Å². The van der Waals surface area contributed by atoms with Crippen LogP contribution in [-0.2, 0) is 14.8 Å². The number of benzene rings is 1. The van der Waals surface area contributed by atoms with Gasteiger partial charge in [-0.15, -0.1) is 0 Å². The van der Waals surface area contributed by atoms with E-state index in [0.717, 1.165) is 0 Å². The van der Waals surface area contributed by atoms with E-state index in [9.17, 15) is 17.6 Å². The Bertz CT molecular complexity index is 1010. The van der Waals surface area contributed by atoms with Crippen molar-refractivity contribution in [1.29, 1.82) is 0 Å². The summed E-state index contributed by atoms with van der Waals surface area (Å²) >= 11 is 0. The molecule has 170 valence electrons. The number of ether oxygens (including phenoxy) is 1. The minimum atomic E-state index is -3.51. The van der Waals surface area contributed by atoms with Crippen molar-refractivity contribution in [3.05, 3.63) is 47.5 Å². The van der Waals surface area contributed by atoms with Crippen LogP contribution in [0.1, 0.15) is 49.7 Å². The second-order valence-electron chi connectivity index (χ2n) is 8.13. The van der Waals surface area contributed by atoms with Crippen LogP contribution in [0.15, 0.2) is 30.5 Å². The Morgan fingerprint density at radius 3 is 2.42 bits per heavy atom. The number of carbonyl (C=O) groups is 1. The van der Waals surface area contributed by atoms with E-state index in [-0.39, 0.29) is 36.2 Å². The van der Waals surface area contributed by atoms with Crippen molar-refractivity contribution in [2.75, 3.05) is 25.4 Å². The van der Waals surface area contributed by atoms with Gasteiger partial charge in [0.2, 0.25) is 10.0 Å². The van der Waals surface area contributed by atoms with E-state index in [1.807, 2.05) is 27.7 Å². The van der Waals surface area contributed by atoms with E-state index < -0.39 is 15.9 Å². The SMILES string of the molecule is CC1CN(S(=O)(=O)CCNC(=O)c2cnn(-c3ccc(F)cc3)c2C(C)C)CC(C)O1. The normalized spacial score (nSPS) is 20.2. The molecule has 1 saturated heterocycles. The van der Waals surface area contributed by atoms with Gasteiger partial charge in [0, 0.05) is 19.6 Å². The molecule has 1 aliphatic heterocycles. The fourth-order valence-corrected chi connectivity index (χ4v) is 5.24. The van der Waals surface area contributed by atoms with Gasteiger partial charge < -0.3 is 10.1 Å². The molecule has 0 aliphatic carbocycles. The molecule has 0 radical (unpaired) electrons. The molecule has 1 fully saturated rings. The number of nitrogens with zero attached hydrogens (tertiary/aromatic N) is 3. The number of rotatable bonds is 7. The molecule has 1 N–H and O–H groups in total. The van der Waals surface area contributed by atoms with Gasteiger partial charge in [-0.3, -0.25) is 4.79 Å². The first kappa shape index (κ1) is 23.4. The van der Waals surface area contributed by atoms with E-state index >= 15 is 0 Å². The lowest BCUT2D eigenvalue weighted by Gasteiger charge is -2.34. The zero-order valence-corrected chi connectivity index (χ0v) is 19.0. The summed E-state index contributed by atoms with van der Waals surface area (Å²) < 4.78 is 47.2. The number of morpholine rings is 1. The van der Waals surface area contributed by atoms with Crippen LogP contribution in [0.5, 0.6) is 0 Å². The fraction of sp³-hybridized carbons (Fsp3) is 0.524. The Labute approximate surface area is 182 Å². The molecule has 1 amide bonds. The highest BCUT2D eigenvalue weighted by Gasteiger charge is 2.31. The molecule has 3 rings (SSSR count). The summed E-state index contributed by atoms with van der Waals surface area (Å²) in [7, 11) is -3.51. The van der Waals surface area contributed by atoms with Crippen LogP contribution < -0.4 is 5.32 Å². The second-order valence-corrected chi connectivity index (χ2v) is 10.2. The molecular weight excluding hydrogens is 423 g/mol. The first-order chi connectivity index (χ1) is 14.6. The number of carbonyl (C=O) groups excluding carboxylic acids is 1. The van der Waals surface area contributed by atoms with Crippen molar-refractivity contribution in [1.82, 2.24) is 19.4 Å². The van der Waals surface area contributed by atoms with Crippen molar-refractivity contribution in [2.45, 2.75) is 45.8 Å². The zero-order chi connectivity index (χ0) is 22.8. The molecule has 0 saturated carbocycles. The maximum absolute atomic E-state index is 13.3. The smallest absolute Gasteiger partial charge is 0.254 e. The quantitative estimate of drug-likeness (QED) is 0.696. The Morgan fingerprint density at radius 2 is 1.84 bits per heavy atom. The third-order valence-electron chi connectivity index (χ3n) is 5.09. The van der Waals surface area contributed by atoms with Crippen molar-refractivity contribution in [2.24, 2.45) is 0 Å². The molecule has 2 heterocycles. The average molecular weight is 453 g/mol. The van der Waals surface area contributed by atoms with Crippen molar-refractivity contribution in [3.8, 4) is 5.69 Å². The number of hydrogen-bond acceptors (Lipinski definition) is 5. The highest BCUT2D eigenvalue weighted by molar-refractivity contribution is 7.89. The van der Waals surface area contributed by atoms with Gasteiger partial charge in [0.05, 0.1) is 41.1 Å². The lowest BCUT2D eigenvalue weighted by atomic mass is 10.1. The zero-order valence-electron chi connectivity index (χ0n) is 18.2. The van der Waals surface area contributed by atoms with E-state index in [2.05, 4.69) is 10.4 Å². The summed E-state index contributed by atoms with van der Waals surface area (Å²) in [5.74, 6) is -0.976.